The minimum absolute atomic E-state index is 0.233. The van der Waals surface area contributed by atoms with E-state index in [2.05, 4.69) is 15.4 Å². The van der Waals surface area contributed by atoms with Gasteiger partial charge in [0.2, 0.25) is 0 Å². The third-order valence-corrected chi connectivity index (χ3v) is 5.53. The van der Waals surface area contributed by atoms with Gasteiger partial charge in [0, 0.05) is 22.0 Å². The highest BCUT2D eigenvalue weighted by molar-refractivity contribution is 7.80. The molecule has 0 aliphatic heterocycles. The molecule has 0 heterocycles. The third-order valence-electron chi connectivity index (χ3n) is 4.88. The molecule has 1 aliphatic rings. The molecule has 1 amide bonds. The third kappa shape index (κ3) is 6.32. The smallest absolute Gasteiger partial charge is 0.335 e. The number of esters is 1. The number of anilines is 2. The lowest BCUT2D eigenvalue weighted by Gasteiger charge is -2.30. The van der Waals surface area contributed by atoms with Crippen LogP contribution in [0, 0.1) is 0 Å². The quantitative estimate of drug-likeness (QED) is 0.336. The summed E-state index contributed by atoms with van der Waals surface area (Å²) in [4.78, 5) is 25.5. The zero-order valence-electron chi connectivity index (χ0n) is 17.4. The summed E-state index contributed by atoms with van der Waals surface area (Å²) in [6.07, 6.45) is 1.95. The SMILES string of the molecule is CCOC(=O)C1=C(NC(=O)c2ccc(NS(=O)O)cc2)C(Nc2cccc(Cl)c2)CCC1. The van der Waals surface area contributed by atoms with Gasteiger partial charge in [-0.25, -0.2) is 9.00 Å². The Bertz CT molecular complexity index is 1040. The average Bonchev–Trinajstić information content (AvgIpc) is 2.75. The molecular formula is C22H24ClN3O5S. The monoisotopic (exact) mass is 477 g/mol. The molecule has 2 aromatic carbocycles. The molecule has 170 valence electrons. The first kappa shape index (κ1) is 23.8. The first-order valence-electron chi connectivity index (χ1n) is 10.1. The van der Waals surface area contributed by atoms with Gasteiger partial charge in [0.25, 0.3) is 17.2 Å². The van der Waals surface area contributed by atoms with E-state index in [0.29, 0.717) is 40.4 Å². The zero-order chi connectivity index (χ0) is 23.1. The number of carbonyl (C=O) groups excluding carboxylic acids is 2. The van der Waals surface area contributed by atoms with E-state index >= 15 is 0 Å². The predicted molar refractivity (Wildman–Crippen MR) is 125 cm³/mol. The van der Waals surface area contributed by atoms with E-state index in [4.69, 9.17) is 20.9 Å². The summed E-state index contributed by atoms with van der Waals surface area (Å²) in [6, 6.07) is 13.0. The van der Waals surface area contributed by atoms with Crippen LogP contribution in [0.2, 0.25) is 5.02 Å². The average molecular weight is 478 g/mol. The van der Waals surface area contributed by atoms with Gasteiger partial charge in [0.05, 0.1) is 23.9 Å². The number of carbonyl (C=O) groups is 2. The molecule has 0 spiro atoms. The molecule has 2 atom stereocenters. The van der Waals surface area contributed by atoms with Crippen molar-refractivity contribution in [1.29, 1.82) is 0 Å². The van der Waals surface area contributed by atoms with E-state index in [1.165, 1.54) is 24.3 Å². The van der Waals surface area contributed by atoms with Gasteiger partial charge in [-0.1, -0.05) is 17.7 Å². The molecular weight excluding hydrogens is 454 g/mol. The maximum Gasteiger partial charge on any atom is 0.335 e. The normalized spacial score (nSPS) is 16.8. The van der Waals surface area contributed by atoms with Gasteiger partial charge in [-0.05, 0) is 68.7 Å². The van der Waals surface area contributed by atoms with Crippen molar-refractivity contribution >= 4 is 46.1 Å². The van der Waals surface area contributed by atoms with Crippen molar-refractivity contribution < 1.29 is 23.1 Å². The lowest BCUT2D eigenvalue weighted by molar-refractivity contribution is -0.138. The van der Waals surface area contributed by atoms with E-state index in [1.807, 2.05) is 12.1 Å². The lowest BCUT2D eigenvalue weighted by atomic mass is 9.91. The lowest BCUT2D eigenvalue weighted by Crippen LogP contribution is -2.39. The fourth-order valence-electron chi connectivity index (χ4n) is 3.47. The molecule has 3 rings (SSSR count). The standard InChI is InChI=1S/C22H24ClN3O5S/c1-2-31-22(28)18-7-4-8-19(24-17-6-3-5-15(23)13-17)20(18)25-21(27)14-9-11-16(12-10-14)26-32(29)30/h3,5-6,9-13,19,24,26H,2,4,7-8H2,1H3,(H,25,27)(H,29,30). The largest absolute Gasteiger partial charge is 0.463 e. The Hall–Kier alpha value is -2.88. The van der Waals surface area contributed by atoms with Crippen molar-refractivity contribution in [1.82, 2.24) is 5.32 Å². The first-order chi connectivity index (χ1) is 15.4. The van der Waals surface area contributed by atoms with Gasteiger partial charge in [-0.3, -0.25) is 14.1 Å². The highest BCUT2D eigenvalue weighted by Gasteiger charge is 2.29. The molecule has 0 saturated carbocycles. The van der Waals surface area contributed by atoms with Gasteiger partial charge < -0.3 is 15.4 Å². The van der Waals surface area contributed by atoms with Crippen molar-refractivity contribution in [2.45, 2.75) is 32.2 Å². The van der Waals surface area contributed by atoms with Crippen molar-refractivity contribution in [3.63, 3.8) is 0 Å². The number of amides is 1. The van der Waals surface area contributed by atoms with Crippen molar-refractivity contribution in [3.8, 4) is 0 Å². The van der Waals surface area contributed by atoms with E-state index in [1.54, 1.807) is 19.1 Å². The molecule has 1 aliphatic carbocycles. The molecule has 0 fully saturated rings. The number of rotatable bonds is 8. The fourth-order valence-corrected chi connectivity index (χ4v) is 4.00. The second-order valence-electron chi connectivity index (χ2n) is 7.09. The Morgan fingerprint density at radius 3 is 2.59 bits per heavy atom. The molecule has 8 nitrogen and oxygen atoms in total. The summed E-state index contributed by atoms with van der Waals surface area (Å²) in [7, 11) is 0. The number of halogens is 1. The van der Waals surface area contributed by atoms with E-state index in [9.17, 15) is 13.8 Å². The summed E-state index contributed by atoms with van der Waals surface area (Å²) in [5, 5.41) is 6.81. The van der Waals surface area contributed by atoms with Crippen LogP contribution in [0.15, 0.2) is 59.8 Å². The molecule has 0 saturated heterocycles. The predicted octanol–water partition coefficient (Wildman–Crippen LogP) is 4.10. The van der Waals surface area contributed by atoms with Crippen LogP contribution in [-0.4, -0.2) is 33.3 Å². The first-order valence-corrected chi connectivity index (χ1v) is 11.6. The number of benzene rings is 2. The van der Waals surface area contributed by atoms with Crippen molar-refractivity contribution in [2.24, 2.45) is 0 Å². The summed E-state index contributed by atoms with van der Waals surface area (Å²) in [5.74, 6) is -0.858. The summed E-state index contributed by atoms with van der Waals surface area (Å²) < 4.78 is 27.3. The number of hydrogen-bond acceptors (Lipinski definition) is 5. The topological polar surface area (TPSA) is 117 Å². The Kier molecular flexibility index (Phi) is 8.26. The molecule has 32 heavy (non-hydrogen) atoms. The minimum atomic E-state index is -2.20. The van der Waals surface area contributed by atoms with Crippen LogP contribution in [0.3, 0.4) is 0 Å². The van der Waals surface area contributed by atoms with Gasteiger partial charge in [-0.15, -0.1) is 0 Å². The highest BCUT2D eigenvalue weighted by atomic mass is 35.5. The highest BCUT2D eigenvalue weighted by Crippen LogP contribution is 2.28. The summed E-state index contributed by atoms with van der Waals surface area (Å²) >= 11 is 3.89. The van der Waals surface area contributed by atoms with Gasteiger partial charge >= 0.3 is 5.97 Å². The molecule has 10 heteroatoms. The van der Waals surface area contributed by atoms with Crippen LogP contribution < -0.4 is 15.4 Å². The van der Waals surface area contributed by atoms with Crippen molar-refractivity contribution in [3.05, 3.63) is 70.4 Å². The fraction of sp³-hybridized carbons (Fsp3) is 0.273. The maximum absolute atomic E-state index is 12.9. The second-order valence-corrected chi connectivity index (χ2v) is 8.23. The number of hydrogen-bond donors (Lipinski definition) is 4. The van der Waals surface area contributed by atoms with Crippen LogP contribution >= 0.6 is 11.6 Å². The van der Waals surface area contributed by atoms with Gasteiger partial charge in [-0.2, -0.15) is 0 Å². The van der Waals surface area contributed by atoms with E-state index < -0.39 is 23.1 Å². The van der Waals surface area contributed by atoms with Crippen LogP contribution in [0.5, 0.6) is 0 Å². The summed E-state index contributed by atoms with van der Waals surface area (Å²) in [5.41, 5.74) is 2.40. The maximum atomic E-state index is 12.9. The Labute approximate surface area is 193 Å². The van der Waals surface area contributed by atoms with Crippen LogP contribution in [0.25, 0.3) is 0 Å². The molecule has 0 aromatic heterocycles. The van der Waals surface area contributed by atoms with Crippen LogP contribution in [-0.2, 0) is 20.8 Å². The minimum Gasteiger partial charge on any atom is -0.463 e. The van der Waals surface area contributed by atoms with Crippen molar-refractivity contribution in [2.75, 3.05) is 16.6 Å². The number of nitrogens with one attached hydrogen (secondary N) is 3. The Morgan fingerprint density at radius 2 is 1.94 bits per heavy atom. The number of ether oxygens (including phenoxy) is 1. The van der Waals surface area contributed by atoms with E-state index in [0.717, 1.165) is 12.1 Å². The van der Waals surface area contributed by atoms with Gasteiger partial charge in [0.1, 0.15) is 0 Å². The molecule has 4 N–H and O–H groups in total. The molecule has 0 radical (unpaired) electrons. The second kappa shape index (κ2) is 11.1. The van der Waals surface area contributed by atoms with E-state index in [-0.39, 0.29) is 12.6 Å². The van der Waals surface area contributed by atoms with Gasteiger partial charge in [0.15, 0.2) is 0 Å². The molecule has 0 bridgehead atoms. The zero-order valence-corrected chi connectivity index (χ0v) is 19.0. The van der Waals surface area contributed by atoms with Crippen LogP contribution in [0.4, 0.5) is 11.4 Å². The molecule has 2 aromatic rings. The van der Waals surface area contributed by atoms with Crippen LogP contribution in [0.1, 0.15) is 36.5 Å². The summed E-state index contributed by atoms with van der Waals surface area (Å²) in [6.45, 7) is 1.97. The Morgan fingerprint density at radius 1 is 1.19 bits per heavy atom. The Balaban J connectivity index is 1.87. The molecule has 2 unspecified atom stereocenters.